The van der Waals surface area contributed by atoms with Gasteiger partial charge in [0.2, 0.25) is 0 Å². The first-order chi connectivity index (χ1) is 7.66. The van der Waals surface area contributed by atoms with Crippen molar-refractivity contribution in [3.05, 3.63) is 33.8 Å². The van der Waals surface area contributed by atoms with Crippen LogP contribution in [0.2, 0.25) is 10.0 Å². The summed E-state index contributed by atoms with van der Waals surface area (Å²) in [4.78, 5) is 11.9. The van der Waals surface area contributed by atoms with Gasteiger partial charge in [-0.2, -0.15) is 0 Å². The molecule has 0 saturated carbocycles. The van der Waals surface area contributed by atoms with Crippen LogP contribution in [-0.4, -0.2) is 18.4 Å². The first kappa shape index (κ1) is 11.9. The summed E-state index contributed by atoms with van der Waals surface area (Å²) in [6.45, 7) is 0.935. The number of carbonyl (C=O) groups is 1. The fraction of sp³-hybridized carbons (Fsp3) is 0.417. The van der Waals surface area contributed by atoms with Gasteiger partial charge in [0.1, 0.15) is 0 Å². The van der Waals surface area contributed by atoms with E-state index in [1.54, 1.807) is 12.1 Å². The second kappa shape index (κ2) is 5.17. The predicted molar refractivity (Wildman–Crippen MR) is 66.2 cm³/mol. The topological polar surface area (TPSA) is 29.1 Å². The molecule has 0 aliphatic carbocycles. The third-order valence-electron chi connectivity index (χ3n) is 2.83. The number of benzene rings is 1. The highest BCUT2D eigenvalue weighted by Crippen LogP contribution is 2.22. The number of hydrogen-bond donors (Lipinski definition) is 1. The van der Waals surface area contributed by atoms with Crippen LogP contribution >= 0.6 is 23.2 Å². The second-order valence-electron chi connectivity index (χ2n) is 4.03. The van der Waals surface area contributed by atoms with Crippen LogP contribution in [0.1, 0.15) is 18.4 Å². The molecule has 1 aromatic carbocycles. The average molecular weight is 258 g/mol. The molecule has 2 rings (SSSR count). The summed E-state index contributed by atoms with van der Waals surface area (Å²) in [6.07, 6.45) is 2.39. The van der Waals surface area contributed by atoms with Crippen LogP contribution in [-0.2, 0) is 11.2 Å². The molecule has 16 heavy (non-hydrogen) atoms. The van der Waals surface area contributed by atoms with Crippen molar-refractivity contribution in [1.29, 1.82) is 0 Å². The van der Waals surface area contributed by atoms with Crippen molar-refractivity contribution in [3.63, 3.8) is 0 Å². The van der Waals surface area contributed by atoms with Crippen molar-refractivity contribution in [1.82, 2.24) is 5.32 Å². The summed E-state index contributed by atoms with van der Waals surface area (Å²) in [5.74, 6) is 0.210. The molecule has 0 amide bonds. The van der Waals surface area contributed by atoms with Crippen molar-refractivity contribution < 1.29 is 4.79 Å². The van der Waals surface area contributed by atoms with Crippen molar-refractivity contribution in [2.24, 2.45) is 0 Å². The lowest BCUT2D eigenvalue weighted by Gasteiger charge is -2.09. The summed E-state index contributed by atoms with van der Waals surface area (Å²) in [6, 6.07) is 5.26. The Bertz CT molecular complexity index is 400. The van der Waals surface area contributed by atoms with Gasteiger partial charge in [-0.15, -0.1) is 0 Å². The van der Waals surface area contributed by atoms with Gasteiger partial charge in [-0.1, -0.05) is 29.3 Å². The Hall–Kier alpha value is -0.570. The summed E-state index contributed by atoms with van der Waals surface area (Å²) < 4.78 is 0. The molecule has 1 N–H and O–H groups in total. The Morgan fingerprint density at radius 1 is 1.44 bits per heavy atom. The zero-order valence-corrected chi connectivity index (χ0v) is 10.3. The highest BCUT2D eigenvalue weighted by Gasteiger charge is 2.22. The van der Waals surface area contributed by atoms with Gasteiger partial charge in [-0.25, -0.2) is 0 Å². The van der Waals surface area contributed by atoms with Crippen molar-refractivity contribution >= 4 is 29.0 Å². The second-order valence-corrected chi connectivity index (χ2v) is 4.87. The van der Waals surface area contributed by atoms with Gasteiger partial charge in [0.05, 0.1) is 6.04 Å². The number of rotatable bonds is 3. The van der Waals surface area contributed by atoms with E-state index in [0.29, 0.717) is 16.5 Å². The van der Waals surface area contributed by atoms with Crippen LogP contribution in [0.25, 0.3) is 0 Å². The molecule has 0 radical (unpaired) electrons. The van der Waals surface area contributed by atoms with E-state index in [1.165, 1.54) is 0 Å². The van der Waals surface area contributed by atoms with E-state index >= 15 is 0 Å². The Balaban J connectivity index is 2.05. The average Bonchev–Trinajstić information content (AvgIpc) is 2.75. The third kappa shape index (κ3) is 2.76. The number of halogens is 2. The summed E-state index contributed by atoms with van der Waals surface area (Å²) in [5.41, 5.74) is 0.852. The SMILES string of the molecule is O=C(Cc1ccc(Cl)cc1Cl)C1CCCN1. The quantitative estimate of drug-likeness (QED) is 0.903. The van der Waals surface area contributed by atoms with Crippen molar-refractivity contribution in [2.45, 2.75) is 25.3 Å². The fourth-order valence-corrected chi connectivity index (χ4v) is 2.41. The predicted octanol–water partition coefficient (Wildman–Crippen LogP) is 2.86. The molecule has 1 aliphatic rings. The smallest absolute Gasteiger partial charge is 0.154 e. The van der Waals surface area contributed by atoms with E-state index in [0.717, 1.165) is 24.9 Å². The Labute approximate surface area is 105 Å². The molecule has 0 spiro atoms. The lowest BCUT2D eigenvalue weighted by Crippen LogP contribution is -2.31. The molecule has 4 heteroatoms. The molecular weight excluding hydrogens is 245 g/mol. The Kier molecular flexibility index (Phi) is 3.85. The fourth-order valence-electron chi connectivity index (χ4n) is 1.94. The standard InChI is InChI=1S/C12H13Cl2NO/c13-9-4-3-8(10(14)7-9)6-12(16)11-2-1-5-15-11/h3-4,7,11,15H,1-2,5-6H2. The monoisotopic (exact) mass is 257 g/mol. The minimum atomic E-state index is 0.00625. The molecule has 86 valence electrons. The van der Waals surface area contributed by atoms with Crippen LogP contribution in [0.15, 0.2) is 18.2 Å². The van der Waals surface area contributed by atoms with E-state index in [1.807, 2.05) is 6.07 Å². The molecular formula is C12H13Cl2NO. The highest BCUT2D eigenvalue weighted by atomic mass is 35.5. The number of ketones is 1. The third-order valence-corrected chi connectivity index (χ3v) is 3.42. The lowest BCUT2D eigenvalue weighted by atomic mass is 10.0. The van der Waals surface area contributed by atoms with E-state index in [4.69, 9.17) is 23.2 Å². The molecule has 1 saturated heterocycles. The lowest BCUT2D eigenvalue weighted by molar-refractivity contribution is -0.120. The first-order valence-corrected chi connectivity index (χ1v) is 6.12. The van der Waals surface area contributed by atoms with Gasteiger partial charge in [0.25, 0.3) is 0 Å². The van der Waals surface area contributed by atoms with E-state index < -0.39 is 0 Å². The molecule has 1 heterocycles. The summed E-state index contributed by atoms with van der Waals surface area (Å²) >= 11 is 11.8. The molecule has 1 atom stereocenters. The molecule has 1 aromatic rings. The number of Topliss-reactive ketones (excluding diaryl/α,β-unsaturated/α-hetero) is 1. The largest absolute Gasteiger partial charge is 0.307 e. The molecule has 0 bridgehead atoms. The van der Waals surface area contributed by atoms with Gasteiger partial charge >= 0.3 is 0 Å². The zero-order chi connectivity index (χ0) is 11.5. The number of carbonyl (C=O) groups excluding carboxylic acids is 1. The number of nitrogens with one attached hydrogen (secondary N) is 1. The highest BCUT2D eigenvalue weighted by molar-refractivity contribution is 6.35. The van der Waals surface area contributed by atoms with Gasteiger partial charge in [-0.3, -0.25) is 4.79 Å². The summed E-state index contributed by atoms with van der Waals surface area (Å²) in [5, 5.41) is 4.35. The molecule has 2 nitrogen and oxygen atoms in total. The van der Waals surface area contributed by atoms with E-state index in [2.05, 4.69) is 5.32 Å². The van der Waals surface area contributed by atoms with Gasteiger partial charge < -0.3 is 5.32 Å². The summed E-state index contributed by atoms with van der Waals surface area (Å²) in [7, 11) is 0. The van der Waals surface area contributed by atoms with Crippen LogP contribution < -0.4 is 5.32 Å². The Morgan fingerprint density at radius 3 is 2.88 bits per heavy atom. The van der Waals surface area contributed by atoms with Crippen LogP contribution in [0.4, 0.5) is 0 Å². The molecule has 1 fully saturated rings. The zero-order valence-electron chi connectivity index (χ0n) is 8.80. The van der Waals surface area contributed by atoms with E-state index in [-0.39, 0.29) is 11.8 Å². The van der Waals surface area contributed by atoms with Gasteiger partial charge in [0, 0.05) is 16.5 Å². The minimum absolute atomic E-state index is 0.00625. The normalized spacial score (nSPS) is 20.0. The molecule has 0 aromatic heterocycles. The van der Waals surface area contributed by atoms with Gasteiger partial charge in [0.15, 0.2) is 5.78 Å². The van der Waals surface area contributed by atoms with Crippen LogP contribution in [0.3, 0.4) is 0 Å². The van der Waals surface area contributed by atoms with E-state index in [9.17, 15) is 4.79 Å². The minimum Gasteiger partial charge on any atom is -0.307 e. The van der Waals surface area contributed by atoms with Crippen molar-refractivity contribution in [2.75, 3.05) is 6.54 Å². The Morgan fingerprint density at radius 2 is 2.25 bits per heavy atom. The maximum Gasteiger partial charge on any atom is 0.154 e. The maximum atomic E-state index is 11.9. The van der Waals surface area contributed by atoms with Gasteiger partial charge in [-0.05, 0) is 37.1 Å². The number of hydrogen-bond acceptors (Lipinski definition) is 2. The molecule has 1 aliphatic heterocycles. The molecule has 1 unspecified atom stereocenters. The maximum absolute atomic E-state index is 11.9. The van der Waals surface area contributed by atoms with Crippen molar-refractivity contribution in [3.8, 4) is 0 Å². The van der Waals surface area contributed by atoms with Crippen LogP contribution in [0.5, 0.6) is 0 Å². The van der Waals surface area contributed by atoms with Crippen LogP contribution in [0, 0.1) is 0 Å². The first-order valence-electron chi connectivity index (χ1n) is 5.37.